The summed E-state index contributed by atoms with van der Waals surface area (Å²) in [6, 6.07) is 5.24. The maximum atomic E-state index is 13.6. The molecule has 0 spiro atoms. The summed E-state index contributed by atoms with van der Waals surface area (Å²) in [6.45, 7) is 5.22. The van der Waals surface area contributed by atoms with Crippen LogP contribution in [0.2, 0.25) is 0 Å². The van der Waals surface area contributed by atoms with E-state index in [1.807, 2.05) is 11.4 Å². The van der Waals surface area contributed by atoms with Crippen molar-refractivity contribution in [2.24, 2.45) is 0 Å². The fraction of sp³-hybridized carbons (Fsp3) is 0.333. The maximum Gasteiger partial charge on any atom is 0.123 e. The highest BCUT2D eigenvalue weighted by Crippen LogP contribution is 2.36. The van der Waals surface area contributed by atoms with Crippen LogP contribution in [0.1, 0.15) is 31.9 Å². The van der Waals surface area contributed by atoms with E-state index in [1.165, 1.54) is 6.07 Å². The van der Waals surface area contributed by atoms with E-state index in [9.17, 15) is 4.39 Å². The fourth-order valence-electron chi connectivity index (χ4n) is 2.08. The largest absolute Gasteiger partial charge is 0.310 e. The number of benzene rings is 1. The van der Waals surface area contributed by atoms with E-state index in [1.54, 1.807) is 17.4 Å². The second-order valence-electron chi connectivity index (χ2n) is 4.54. The summed E-state index contributed by atoms with van der Waals surface area (Å²) >= 11 is 5.15. The topological polar surface area (TPSA) is 12.0 Å². The van der Waals surface area contributed by atoms with E-state index in [0.717, 1.165) is 34.1 Å². The molecular weight excluding hydrogens is 325 g/mol. The number of thiophene rings is 1. The van der Waals surface area contributed by atoms with Gasteiger partial charge in [0, 0.05) is 21.5 Å². The van der Waals surface area contributed by atoms with E-state index in [-0.39, 0.29) is 11.9 Å². The molecule has 0 amide bonds. The molecular formula is C15H17BrFNS. The summed E-state index contributed by atoms with van der Waals surface area (Å²) in [5, 5.41) is 7.53. The molecule has 1 atom stereocenters. The number of hydrogen-bond acceptors (Lipinski definition) is 2. The molecule has 1 nitrogen and oxygen atoms in total. The lowest BCUT2D eigenvalue weighted by molar-refractivity contribution is 0.569. The Balaban J connectivity index is 2.41. The van der Waals surface area contributed by atoms with Gasteiger partial charge in [-0.3, -0.25) is 0 Å². The quantitative estimate of drug-likeness (QED) is 0.769. The van der Waals surface area contributed by atoms with Crippen molar-refractivity contribution in [3.63, 3.8) is 0 Å². The molecule has 2 rings (SSSR count). The Hall–Kier alpha value is -0.710. The minimum Gasteiger partial charge on any atom is -0.310 e. The summed E-state index contributed by atoms with van der Waals surface area (Å²) in [5.74, 6) is -0.195. The van der Waals surface area contributed by atoms with E-state index in [2.05, 4.69) is 40.5 Å². The highest BCUT2D eigenvalue weighted by molar-refractivity contribution is 9.10. The van der Waals surface area contributed by atoms with Crippen molar-refractivity contribution >= 4 is 27.3 Å². The molecule has 0 bridgehead atoms. The van der Waals surface area contributed by atoms with Gasteiger partial charge in [0.1, 0.15) is 5.82 Å². The van der Waals surface area contributed by atoms with Crippen molar-refractivity contribution in [2.75, 3.05) is 6.54 Å². The minimum atomic E-state index is -0.195. The first kappa shape index (κ1) is 14.7. The Morgan fingerprint density at radius 1 is 1.32 bits per heavy atom. The van der Waals surface area contributed by atoms with Crippen molar-refractivity contribution in [3.8, 4) is 11.1 Å². The predicted molar refractivity (Wildman–Crippen MR) is 84.1 cm³/mol. The molecule has 0 saturated heterocycles. The smallest absolute Gasteiger partial charge is 0.123 e. The predicted octanol–water partition coefficient (Wildman–Crippen LogP) is 5.38. The average Bonchev–Trinajstić information content (AvgIpc) is 2.82. The van der Waals surface area contributed by atoms with Crippen molar-refractivity contribution in [3.05, 3.63) is 44.8 Å². The van der Waals surface area contributed by atoms with Crippen LogP contribution in [-0.4, -0.2) is 6.54 Å². The first-order chi connectivity index (χ1) is 9.13. The van der Waals surface area contributed by atoms with Crippen LogP contribution in [0.15, 0.2) is 33.4 Å². The Morgan fingerprint density at radius 3 is 2.74 bits per heavy atom. The maximum absolute atomic E-state index is 13.6. The lowest BCUT2D eigenvalue weighted by atomic mass is 9.97. The Kier molecular flexibility index (Phi) is 5.13. The van der Waals surface area contributed by atoms with Gasteiger partial charge in [0.15, 0.2) is 0 Å². The zero-order valence-corrected chi connectivity index (χ0v) is 13.4. The summed E-state index contributed by atoms with van der Waals surface area (Å²) in [5.41, 5.74) is 3.16. The summed E-state index contributed by atoms with van der Waals surface area (Å²) in [6.07, 6.45) is 1.09. The summed E-state index contributed by atoms with van der Waals surface area (Å²) in [4.78, 5) is 0. The van der Waals surface area contributed by atoms with Gasteiger partial charge in [-0.15, -0.1) is 0 Å². The SMILES string of the molecule is CCCNC(C)c1ccc(F)cc1-c1cscc1Br. The first-order valence-corrected chi connectivity index (χ1v) is 8.12. The lowest BCUT2D eigenvalue weighted by Gasteiger charge is -2.18. The first-order valence-electron chi connectivity index (χ1n) is 6.38. The van der Waals surface area contributed by atoms with Crippen LogP contribution in [-0.2, 0) is 0 Å². The molecule has 0 aliphatic rings. The van der Waals surface area contributed by atoms with Gasteiger partial charge in [-0.25, -0.2) is 4.39 Å². The number of rotatable bonds is 5. The molecule has 19 heavy (non-hydrogen) atoms. The third-order valence-corrected chi connectivity index (χ3v) is 4.79. The van der Waals surface area contributed by atoms with Gasteiger partial charge >= 0.3 is 0 Å². The van der Waals surface area contributed by atoms with Gasteiger partial charge < -0.3 is 5.32 Å². The molecule has 102 valence electrons. The fourth-order valence-corrected chi connectivity index (χ4v) is 3.59. The van der Waals surface area contributed by atoms with E-state index in [4.69, 9.17) is 0 Å². The lowest BCUT2D eigenvalue weighted by Crippen LogP contribution is -2.19. The van der Waals surface area contributed by atoms with Crippen molar-refractivity contribution in [2.45, 2.75) is 26.3 Å². The summed E-state index contributed by atoms with van der Waals surface area (Å²) in [7, 11) is 0. The molecule has 2 aromatic rings. The van der Waals surface area contributed by atoms with Crippen LogP contribution in [0.25, 0.3) is 11.1 Å². The highest BCUT2D eigenvalue weighted by atomic mass is 79.9. The molecule has 1 aromatic heterocycles. The molecule has 0 fully saturated rings. The van der Waals surface area contributed by atoms with E-state index < -0.39 is 0 Å². The molecule has 4 heteroatoms. The number of halogens is 2. The Bertz CT molecular complexity index is 553. The van der Waals surface area contributed by atoms with Crippen molar-refractivity contribution < 1.29 is 4.39 Å². The third-order valence-electron chi connectivity index (χ3n) is 3.09. The second kappa shape index (κ2) is 6.64. The molecule has 1 N–H and O–H groups in total. The zero-order valence-electron chi connectivity index (χ0n) is 11.0. The van der Waals surface area contributed by atoms with Gasteiger partial charge in [0.05, 0.1) is 0 Å². The van der Waals surface area contributed by atoms with Crippen molar-refractivity contribution in [1.82, 2.24) is 5.32 Å². The van der Waals surface area contributed by atoms with Gasteiger partial charge in [-0.05, 0) is 64.5 Å². The van der Waals surface area contributed by atoms with E-state index in [0.29, 0.717) is 0 Å². The molecule has 0 saturated carbocycles. The monoisotopic (exact) mass is 341 g/mol. The standard InChI is InChI=1S/C15H17BrFNS/c1-3-6-18-10(2)12-5-4-11(17)7-13(12)14-8-19-9-15(14)16/h4-5,7-10,18H,3,6H2,1-2H3. The normalized spacial score (nSPS) is 12.6. The Morgan fingerprint density at radius 2 is 2.11 bits per heavy atom. The van der Waals surface area contributed by atoms with Crippen LogP contribution >= 0.6 is 27.3 Å². The van der Waals surface area contributed by atoms with Gasteiger partial charge in [-0.2, -0.15) is 11.3 Å². The number of hydrogen-bond donors (Lipinski definition) is 1. The molecule has 1 unspecified atom stereocenters. The summed E-state index contributed by atoms with van der Waals surface area (Å²) < 4.78 is 14.6. The highest BCUT2D eigenvalue weighted by Gasteiger charge is 2.15. The minimum absolute atomic E-state index is 0.195. The average molecular weight is 342 g/mol. The van der Waals surface area contributed by atoms with Crippen LogP contribution in [0.3, 0.4) is 0 Å². The number of nitrogens with one attached hydrogen (secondary N) is 1. The van der Waals surface area contributed by atoms with Crippen molar-refractivity contribution in [1.29, 1.82) is 0 Å². The second-order valence-corrected chi connectivity index (χ2v) is 6.14. The molecule has 0 aliphatic heterocycles. The zero-order chi connectivity index (χ0) is 13.8. The molecule has 1 aromatic carbocycles. The van der Waals surface area contributed by atoms with Crippen LogP contribution in [0.4, 0.5) is 4.39 Å². The van der Waals surface area contributed by atoms with E-state index >= 15 is 0 Å². The van der Waals surface area contributed by atoms with Gasteiger partial charge in [0.25, 0.3) is 0 Å². The van der Waals surface area contributed by atoms with Gasteiger partial charge in [0.2, 0.25) is 0 Å². The third kappa shape index (κ3) is 3.44. The Labute approximate surface area is 126 Å². The van der Waals surface area contributed by atoms with Gasteiger partial charge in [-0.1, -0.05) is 13.0 Å². The molecule has 0 aliphatic carbocycles. The van der Waals surface area contributed by atoms with Crippen LogP contribution < -0.4 is 5.32 Å². The molecule has 0 radical (unpaired) electrons. The van der Waals surface area contributed by atoms with Crippen LogP contribution in [0.5, 0.6) is 0 Å². The van der Waals surface area contributed by atoms with Crippen LogP contribution in [0, 0.1) is 5.82 Å². The molecule has 1 heterocycles.